The first-order valence-corrected chi connectivity index (χ1v) is 9.12. The molecule has 0 heterocycles. The minimum atomic E-state index is -1.10. The fourth-order valence-corrected chi connectivity index (χ4v) is 6.26. The molecule has 0 saturated heterocycles. The van der Waals surface area contributed by atoms with Gasteiger partial charge in [-0.2, -0.15) is 0 Å². The lowest BCUT2D eigenvalue weighted by atomic mass is 9.41. The van der Waals surface area contributed by atoms with Crippen LogP contribution in [0.5, 0.6) is 0 Å². The molecule has 0 spiro atoms. The molecule has 6 heteroatoms. The molecule has 5 unspecified atom stereocenters. The maximum Gasteiger partial charge on any atom is 0.0856 e. The SMILES string of the molecule is CC12CC(=N)[C@@]3(N)C(C=CC4(N)C(=N)C(=N)CCC43C)C1CCC2=N. The van der Waals surface area contributed by atoms with Crippen LogP contribution >= 0.6 is 0 Å². The third-order valence-electron chi connectivity index (χ3n) is 8.20. The Labute approximate surface area is 148 Å². The minimum absolute atomic E-state index is 0.0386. The van der Waals surface area contributed by atoms with Crippen LogP contribution in [0.1, 0.15) is 46.0 Å². The van der Waals surface area contributed by atoms with Gasteiger partial charge in [0.25, 0.3) is 0 Å². The molecule has 0 aromatic rings. The number of hydrogen-bond acceptors (Lipinski definition) is 6. The van der Waals surface area contributed by atoms with Crippen molar-refractivity contribution in [3.05, 3.63) is 12.2 Å². The molecular formula is C19H28N6. The molecule has 4 aliphatic rings. The topological polar surface area (TPSA) is 147 Å². The number of rotatable bonds is 0. The summed E-state index contributed by atoms with van der Waals surface area (Å²) in [6, 6.07) is 0. The molecular weight excluding hydrogens is 312 g/mol. The van der Waals surface area contributed by atoms with Gasteiger partial charge in [0.15, 0.2) is 0 Å². The fourth-order valence-electron chi connectivity index (χ4n) is 6.26. The van der Waals surface area contributed by atoms with Gasteiger partial charge in [-0.25, -0.2) is 0 Å². The van der Waals surface area contributed by atoms with Crippen LogP contribution in [0.25, 0.3) is 0 Å². The van der Waals surface area contributed by atoms with Crippen molar-refractivity contribution in [1.82, 2.24) is 0 Å². The van der Waals surface area contributed by atoms with Crippen LogP contribution in [-0.2, 0) is 0 Å². The molecule has 8 N–H and O–H groups in total. The van der Waals surface area contributed by atoms with Crippen LogP contribution in [0, 0.1) is 44.3 Å². The lowest BCUT2D eigenvalue weighted by Crippen LogP contribution is -2.81. The average molecular weight is 340 g/mol. The van der Waals surface area contributed by atoms with Gasteiger partial charge in [0.05, 0.1) is 22.5 Å². The Morgan fingerprint density at radius 3 is 2.40 bits per heavy atom. The van der Waals surface area contributed by atoms with E-state index in [1.165, 1.54) is 0 Å². The van der Waals surface area contributed by atoms with Gasteiger partial charge in [0, 0.05) is 28.2 Å². The smallest absolute Gasteiger partial charge is 0.0856 e. The van der Waals surface area contributed by atoms with Gasteiger partial charge in [-0.15, -0.1) is 0 Å². The molecule has 25 heavy (non-hydrogen) atoms. The summed E-state index contributed by atoms with van der Waals surface area (Å²) >= 11 is 0. The van der Waals surface area contributed by atoms with Gasteiger partial charge in [-0.05, 0) is 38.0 Å². The summed E-state index contributed by atoms with van der Waals surface area (Å²) < 4.78 is 0. The summed E-state index contributed by atoms with van der Waals surface area (Å²) in [7, 11) is 0. The van der Waals surface area contributed by atoms with Crippen molar-refractivity contribution in [2.75, 3.05) is 0 Å². The molecule has 6 atom stereocenters. The second-order valence-electron chi connectivity index (χ2n) is 9.01. The van der Waals surface area contributed by atoms with Crippen molar-refractivity contribution in [2.45, 2.75) is 57.0 Å². The van der Waals surface area contributed by atoms with Crippen LogP contribution in [-0.4, -0.2) is 33.9 Å². The summed E-state index contributed by atoms with van der Waals surface area (Å²) in [6.07, 6.45) is 7.22. The minimum Gasteiger partial charge on any atom is -0.319 e. The highest BCUT2D eigenvalue weighted by Crippen LogP contribution is 2.63. The Kier molecular flexibility index (Phi) is 3.05. The lowest BCUT2D eigenvalue weighted by molar-refractivity contribution is 0.0283. The zero-order chi connectivity index (χ0) is 18.4. The summed E-state index contributed by atoms with van der Waals surface area (Å²) in [5.41, 5.74) is 12.4. The van der Waals surface area contributed by atoms with Crippen LogP contribution in [0.15, 0.2) is 12.2 Å². The van der Waals surface area contributed by atoms with E-state index in [2.05, 4.69) is 6.92 Å². The second kappa shape index (κ2) is 4.54. The number of nitrogens with one attached hydrogen (secondary N) is 4. The third-order valence-corrected chi connectivity index (χ3v) is 8.20. The number of fused-ring (bicyclic) bond motifs is 5. The third kappa shape index (κ3) is 1.59. The molecule has 134 valence electrons. The van der Waals surface area contributed by atoms with E-state index in [4.69, 9.17) is 33.1 Å². The monoisotopic (exact) mass is 340 g/mol. The van der Waals surface area contributed by atoms with E-state index >= 15 is 0 Å². The average Bonchev–Trinajstić information content (AvgIpc) is 2.84. The molecule has 3 fully saturated rings. The van der Waals surface area contributed by atoms with Gasteiger partial charge in [-0.3, -0.25) is 0 Å². The maximum absolute atomic E-state index is 8.89. The number of nitrogens with two attached hydrogens (primary N) is 2. The standard InChI is InChI=1S/C19H28N6/c1-16-9-14(22)19(25)11(10(16)3-4-13(16)21)5-8-18(24)15(23)12(20)6-7-17(18,19)2/h5,8,10-11,20-23H,3-4,6-7,9,24-25H2,1-2H3/t10?,11?,16?,17?,18?,19-/m0/s1. The van der Waals surface area contributed by atoms with Gasteiger partial charge in [-0.1, -0.05) is 26.0 Å². The first-order valence-electron chi connectivity index (χ1n) is 9.12. The molecule has 0 aliphatic heterocycles. The van der Waals surface area contributed by atoms with Gasteiger partial charge < -0.3 is 33.1 Å². The van der Waals surface area contributed by atoms with E-state index in [-0.39, 0.29) is 28.7 Å². The van der Waals surface area contributed by atoms with Crippen molar-refractivity contribution in [3.8, 4) is 0 Å². The lowest BCUT2D eigenvalue weighted by Gasteiger charge is -2.66. The predicted octanol–water partition coefficient (Wildman–Crippen LogP) is 2.27. The summed E-state index contributed by atoms with van der Waals surface area (Å²) in [6.45, 7) is 4.13. The van der Waals surface area contributed by atoms with E-state index in [1.54, 1.807) is 0 Å². The Hall–Kier alpha value is -1.66. The van der Waals surface area contributed by atoms with Crippen LogP contribution in [0.4, 0.5) is 0 Å². The first-order chi connectivity index (χ1) is 11.5. The van der Waals surface area contributed by atoms with Crippen molar-refractivity contribution in [2.24, 2.45) is 34.1 Å². The van der Waals surface area contributed by atoms with Crippen molar-refractivity contribution >= 4 is 22.8 Å². The summed E-state index contributed by atoms with van der Waals surface area (Å²) in [5.74, 6) is 0.204. The second-order valence-corrected chi connectivity index (χ2v) is 9.01. The Balaban J connectivity index is 1.93. The highest BCUT2D eigenvalue weighted by molar-refractivity contribution is 6.44. The number of hydrogen-bond donors (Lipinski definition) is 6. The first kappa shape index (κ1) is 16.8. The Morgan fingerprint density at radius 2 is 1.72 bits per heavy atom. The van der Waals surface area contributed by atoms with Crippen LogP contribution in [0.2, 0.25) is 0 Å². The molecule has 0 aromatic carbocycles. The molecule has 0 aromatic heterocycles. The van der Waals surface area contributed by atoms with E-state index in [1.807, 2.05) is 19.1 Å². The zero-order valence-corrected chi connectivity index (χ0v) is 15.0. The van der Waals surface area contributed by atoms with Crippen molar-refractivity contribution in [1.29, 1.82) is 21.6 Å². The molecule has 6 nitrogen and oxygen atoms in total. The quantitative estimate of drug-likeness (QED) is 0.375. The Morgan fingerprint density at radius 1 is 1.04 bits per heavy atom. The summed E-state index contributed by atoms with van der Waals surface area (Å²) in [4.78, 5) is 0. The van der Waals surface area contributed by atoms with E-state index in [9.17, 15) is 0 Å². The highest BCUT2D eigenvalue weighted by atomic mass is 15.0. The van der Waals surface area contributed by atoms with Crippen molar-refractivity contribution in [3.63, 3.8) is 0 Å². The Bertz CT molecular complexity index is 768. The molecule has 4 aliphatic carbocycles. The van der Waals surface area contributed by atoms with Crippen LogP contribution < -0.4 is 11.5 Å². The zero-order valence-electron chi connectivity index (χ0n) is 15.0. The molecule has 4 rings (SSSR count). The molecule has 3 saturated carbocycles. The maximum atomic E-state index is 8.89. The van der Waals surface area contributed by atoms with Crippen molar-refractivity contribution < 1.29 is 0 Å². The van der Waals surface area contributed by atoms with Gasteiger partial charge in [0.1, 0.15) is 0 Å². The molecule has 0 bridgehead atoms. The molecule has 0 amide bonds. The fraction of sp³-hybridized carbons (Fsp3) is 0.684. The molecule has 0 radical (unpaired) electrons. The summed E-state index contributed by atoms with van der Waals surface area (Å²) in [5, 5.41) is 33.8. The van der Waals surface area contributed by atoms with Gasteiger partial charge in [0.2, 0.25) is 0 Å². The van der Waals surface area contributed by atoms with E-state index in [0.717, 1.165) is 18.6 Å². The largest absolute Gasteiger partial charge is 0.319 e. The van der Waals surface area contributed by atoms with E-state index < -0.39 is 16.5 Å². The predicted molar refractivity (Wildman–Crippen MR) is 100 cm³/mol. The normalized spacial score (nSPS) is 52.0. The van der Waals surface area contributed by atoms with Gasteiger partial charge >= 0.3 is 0 Å². The van der Waals surface area contributed by atoms with Crippen LogP contribution in [0.3, 0.4) is 0 Å². The van der Waals surface area contributed by atoms with E-state index in [0.29, 0.717) is 25.0 Å². The highest BCUT2D eigenvalue weighted by Gasteiger charge is 2.70.